The summed E-state index contributed by atoms with van der Waals surface area (Å²) in [6.45, 7) is 5.19. The summed E-state index contributed by atoms with van der Waals surface area (Å²) in [4.78, 5) is 11.8. The maximum Gasteiger partial charge on any atom is 0.317 e. The summed E-state index contributed by atoms with van der Waals surface area (Å²) >= 11 is 0. The van der Waals surface area contributed by atoms with Crippen LogP contribution in [-0.2, 0) is 6.42 Å². The zero-order chi connectivity index (χ0) is 17.2. The molecule has 0 saturated heterocycles. The van der Waals surface area contributed by atoms with Crippen LogP contribution in [0, 0.1) is 6.92 Å². The Labute approximate surface area is 143 Å². The Morgan fingerprint density at radius 3 is 2.29 bits per heavy atom. The van der Waals surface area contributed by atoms with Gasteiger partial charge in [0.05, 0.1) is 6.61 Å². The van der Waals surface area contributed by atoms with E-state index in [9.17, 15) is 4.79 Å². The summed E-state index contributed by atoms with van der Waals surface area (Å²) in [5, 5.41) is 5.48. The van der Waals surface area contributed by atoms with E-state index in [1.165, 1.54) is 11.1 Å². The maximum absolute atomic E-state index is 11.8. The summed E-state index contributed by atoms with van der Waals surface area (Å²) in [6.07, 6.45) is 0.793. The number of nitrogens with one attached hydrogen (secondary N) is 2. The number of ether oxygens (including phenoxy) is 2. The predicted octanol–water partition coefficient (Wildman–Crippen LogP) is 3.27. The quantitative estimate of drug-likeness (QED) is 0.731. The van der Waals surface area contributed by atoms with Crippen LogP contribution in [0.3, 0.4) is 0 Å². The van der Waals surface area contributed by atoms with Crippen LogP contribution in [0.2, 0.25) is 0 Å². The second-order valence-electron chi connectivity index (χ2n) is 5.34. The van der Waals surface area contributed by atoms with Gasteiger partial charge in [0.15, 0.2) is 18.2 Å². The summed E-state index contributed by atoms with van der Waals surface area (Å²) in [6, 6.07) is 15.4. The van der Waals surface area contributed by atoms with Crippen LogP contribution in [0.5, 0.6) is 11.5 Å². The summed E-state index contributed by atoms with van der Waals surface area (Å²) in [5.41, 5.74) is 2.43. The first-order valence-corrected chi connectivity index (χ1v) is 8.11. The molecule has 128 valence electrons. The predicted molar refractivity (Wildman–Crippen MR) is 94.5 cm³/mol. The molecule has 0 aliphatic carbocycles. The SMILES string of the molecule is CCOc1ccccc1OCNC(=O)NCCc1ccc(C)cc1. The zero-order valence-corrected chi connectivity index (χ0v) is 14.2. The van der Waals surface area contributed by atoms with Gasteiger partial charge in [-0.3, -0.25) is 0 Å². The second-order valence-corrected chi connectivity index (χ2v) is 5.34. The molecule has 2 aromatic carbocycles. The largest absolute Gasteiger partial charge is 0.490 e. The Morgan fingerprint density at radius 1 is 0.958 bits per heavy atom. The Hall–Kier alpha value is -2.69. The molecule has 2 N–H and O–H groups in total. The molecule has 24 heavy (non-hydrogen) atoms. The van der Waals surface area contributed by atoms with Gasteiger partial charge in [0.2, 0.25) is 0 Å². The van der Waals surface area contributed by atoms with E-state index in [2.05, 4.69) is 41.8 Å². The molecule has 0 aliphatic heterocycles. The van der Waals surface area contributed by atoms with Crippen LogP contribution in [0.15, 0.2) is 48.5 Å². The lowest BCUT2D eigenvalue weighted by molar-refractivity contribution is 0.220. The van der Waals surface area contributed by atoms with Gasteiger partial charge in [0, 0.05) is 6.54 Å². The van der Waals surface area contributed by atoms with E-state index in [0.717, 1.165) is 6.42 Å². The van der Waals surface area contributed by atoms with Gasteiger partial charge in [-0.2, -0.15) is 0 Å². The van der Waals surface area contributed by atoms with Crippen molar-refractivity contribution in [1.29, 1.82) is 0 Å². The molecule has 0 radical (unpaired) electrons. The van der Waals surface area contributed by atoms with E-state index >= 15 is 0 Å². The number of hydrogen-bond donors (Lipinski definition) is 2. The van der Waals surface area contributed by atoms with Crippen molar-refractivity contribution in [3.8, 4) is 11.5 Å². The van der Waals surface area contributed by atoms with Crippen LogP contribution in [0.25, 0.3) is 0 Å². The first-order chi connectivity index (χ1) is 11.7. The zero-order valence-electron chi connectivity index (χ0n) is 14.2. The molecule has 5 heteroatoms. The number of benzene rings is 2. The van der Waals surface area contributed by atoms with Crippen molar-refractivity contribution in [2.75, 3.05) is 19.9 Å². The summed E-state index contributed by atoms with van der Waals surface area (Å²) < 4.78 is 11.0. The molecule has 0 saturated carbocycles. The molecule has 0 heterocycles. The molecule has 0 aliphatic rings. The number of hydrogen-bond acceptors (Lipinski definition) is 3. The monoisotopic (exact) mass is 328 g/mol. The average molecular weight is 328 g/mol. The molecule has 0 spiro atoms. The number of amides is 2. The van der Waals surface area contributed by atoms with Gasteiger partial charge in [-0.1, -0.05) is 42.0 Å². The fraction of sp³-hybridized carbons (Fsp3) is 0.316. The van der Waals surface area contributed by atoms with Crippen molar-refractivity contribution in [2.45, 2.75) is 20.3 Å². The fourth-order valence-corrected chi connectivity index (χ4v) is 2.16. The smallest absolute Gasteiger partial charge is 0.317 e. The number of carbonyl (C=O) groups is 1. The maximum atomic E-state index is 11.8. The molecular formula is C19H24N2O3. The van der Waals surface area contributed by atoms with Gasteiger partial charge in [-0.05, 0) is 38.0 Å². The lowest BCUT2D eigenvalue weighted by atomic mass is 10.1. The van der Waals surface area contributed by atoms with Crippen molar-refractivity contribution in [3.63, 3.8) is 0 Å². The van der Waals surface area contributed by atoms with Crippen LogP contribution >= 0.6 is 0 Å². The topological polar surface area (TPSA) is 59.6 Å². The molecule has 2 aromatic rings. The van der Waals surface area contributed by atoms with Gasteiger partial charge in [0.1, 0.15) is 0 Å². The van der Waals surface area contributed by atoms with Crippen molar-refractivity contribution < 1.29 is 14.3 Å². The average Bonchev–Trinajstić information content (AvgIpc) is 2.58. The Morgan fingerprint density at radius 2 is 1.62 bits per heavy atom. The molecule has 0 bridgehead atoms. The lowest BCUT2D eigenvalue weighted by Gasteiger charge is -2.12. The van der Waals surface area contributed by atoms with E-state index in [4.69, 9.17) is 9.47 Å². The molecule has 5 nitrogen and oxygen atoms in total. The third kappa shape index (κ3) is 5.83. The third-order valence-electron chi connectivity index (χ3n) is 3.43. The molecule has 0 unspecified atom stereocenters. The molecule has 2 amide bonds. The highest BCUT2D eigenvalue weighted by molar-refractivity contribution is 5.73. The lowest BCUT2D eigenvalue weighted by Crippen LogP contribution is -2.38. The number of para-hydroxylation sites is 2. The minimum atomic E-state index is -0.254. The van der Waals surface area contributed by atoms with Gasteiger partial charge in [-0.15, -0.1) is 0 Å². The van der Waals surface area contributed by atoms with Crippen LogP contribution in [0.4, 0.5) is 4.79 Å². The second kappa shape index (κ2) is 9.45. The van der Waals surface area contributed by atoms with Gasteiger partial charge < -0.3 is 20.1 Å². The molecule has 0 fully saturated rings. The number of rotatable bonds is 8. The number of urea groups is 1. The first kappa shape index (κ1) is 17.7. The first-order valence-electron chi connectivity index (χ1n) is 8.11. The minimum absolute atomic E-state index is 0.0838. The van der Waals surface area contributed by atoms with Crippen molar-refractivity contribution in [3.05, 3.63) is 59.7 Å². The van der Waals surface area contributed by atoms with E-state index in [0.29, 0.717) is 24.7 Å². The summed E-state index contributed by atoms with van der Waals surface area (Å²) in [5.74, 6) is 1.28. The standard InChI is InChI=1S/C19H24N2O3/c1-3-23-17-6-4-5-7-18(17)24-14-21-19(22)20-13-12-16-10-8-15(2)9-11-16/h4-11H,3,12-14H2,1-2H3,(H2,20,21,22). The highest BCUT2D eigenvalue weighted by atomic mass is 16.5. The normalized spacial score (nSPS) is 10.1. The van der Waals surface area contributed by atoms with E-state index in [1.807, 2.05) is 31.2 Å². The van der Waals surface area contributed by atoms with E-state index in [1.54, 1.807) is 0 Å². The Bertz CT molecular complexity index is 641. The highest BCUT2D eigenvalue weighted by Gasteiger charge is 2.04. The van der Waals surface area contributed by atoms with Crippen LogP contribution < -0.4 is 20.1 Å². The van der Waals surface area contributed by atoms with Gasteiger partial charge in [0.25, 0.3) is 0 Å². The van der Waals surface area contributed by atoms with Gasteiger partial charge in [-0.25, -0.2) is 4.79 Å². The minimum Gasteiger partial charge on any atom is -0.490 e. The molecule has 0 atom stereocenters. The highest BCUT2D eigenvalue weighted by Crippen LogP contribution is 2.25. The molecular weight excluding hydrogens is 304 g/mol. The van der Waals surface area contributed by atoms with E-state index < -0.39 is 0 Å². The number of carbonyl (C=O) groups excluding carboxylic acids is 1. The summed E-state index contributed by atoms with van der Waals surface area (Å²) in [7, 11) is 0. The third-order valence-corrected chi connectivity index (χ3v) is 3.43. The van der Waals surface area contributed by atoms with Crippen LogP contribution in [0.1, 0.15) is 18.1 Å². The van der Waals surface area contributed by atoms with Crippen LogP contribution in [-0.4, -0.2) is 25.9 Å². The van der Waals surface area contributed by atoms with Crippen molar-refractivity contribution >= 4 is 6.03 Å². The Kier molecular flexibility index (Phi) is 6.95. The fourth-order valence-electron chi connectivity index (χ4n) is 2.16. The van der Waals surface area contributed by atoms with Crippen molar-refractivity contribution in [2.24, 2.45) is 0 Å². The Balaban J connectivity index is 1.67. The molecule has 2 rings (SSSR count). The van der Waals surface area contributed by atoms with Gasteiger partial charge >= 0.3 is 6.03 Å². The number of aryl methyl sites for hydroxylation is 1. The van der Waals surface area contributed by atoms with Crippen molar-refractivity contribution in [1.82, 2.24) is 10.6 Å². The van der Waals surface area contributed by atoms with E-state index in [-0.39, 0.29) is 12.8 Å². The molecule has 0 aromatic heterocycles.